The van der Waals surface area contributed by atoms with Crippen molar-refractivity contribution >= 4 is 17.8 Å². The van der Waals surface area contributed by atoms with Crippen LogP contribution < -0.4 is 5.32 Å². The van der Waals surface area contributed by atoms with E-state index in [1.807, 2.05) is 0 Å². The van der Waals surface area contributed by atoms with E-state index in [9.17, 15) is 49.1 Å². The van der Waals surface area contributed by atoms with Crippen molar-refractivity contribution in [3.05, 3.63) is 81.9 Å². The van der Waals surface area contributed by atoms with E-state index in [2.05, 4.69) is 15.5 Å². The molecule has 2 amide bonds. The first kappa shape index (κ1) is 33.3. The minimum atomic E-state index is -5.00. The maximum atomic E-state index is 14.1. The van der Waals surface area contributed by atoms with E-state index >= 15 is 0 Å². The fourth-order valence-corrected chi connectivity index (χ4v) is 6.09. The molecule has 2 aliphatic heterocycles. The third-order valence-electron chi connectivity index (χ3n) is 8.80. The molecule has 1 atom stereocenters. The molecule has 48 heavy (non-hydrogen) atoms. The van der Waals surface area contributed by atoms with E-state index in [0.29, 0.717) is 18.4 Å². The average Bonchev–Trinajstić information content (AvgIpc) is 3.69. The monoisotopic (exact) mass is 687 g/mol. The first-order valence-corrected chi connectivity index (χ1v) is 14.7. The fraction of sp³-hybridized carbons (Fsp3) is 0.433. The summed E-state index contributed by atoms with van der Waals surface area (Å²) in [5.41, 5.74) is -4.47. The van der Waals surface area contributed by atoms with Gasteiger partial charge in [-0.25, -0.2) is 0 Å². The molecule has 256 valence electrons. The number of amides is 2. The number of benzene rings is 2. The molecule has 0 spiro atoms. The van der Waals surface area contributed by atoms with Crippen LogP contribution in [0, 0.1) is 11.3 Å². The van der Waals surface area contributed by atoms with Crippen LogP contribution in [0.4, 0.5) is 39.5 Å². The standard InChI is InChI=1S/C30H26F9N7O2/c31-28(32,33)19-6-4-18(5-7-19)27(10-9-16-1-2-16)25(48)46(26(40)41-27)14-17-3-8-21(29(34,35)36)20(13-17)23(47)44-11-12-45-22(15-44)42-43-24(45)30(37,38)39/h3-8,13,16H,1-2,9-12,14-15H2,(H2,40,41). The van der Waals surface area contributed by atoms with E-state index in [1.54, 1.807) is 0 Å². The summed E-state index contributed by atoms with van der Waals surface area (Å²) in [4.78, 5) is 29.3. The second-order valence-corrected chi connectivity index (χ2v) is 12.0. The van der Waals surface area contributed by atoms with Crippen molar-refractivity contribution in [3.63, 3.8) is 0 Å². The molecule has 0 radical (unpaired) electrons. The van der Waals surface area contributed by atoms with E-state index in [-0.39, 0.29) is 29.9 Å². The third-order valence-corrected chi connectivity index (χ3v) is 8.80. The molecule has 1 aromatic heterocycles. The number of hydrogen-bond acceptors (Lipinski definition) is 5. The number of nitrogens with zero attached hydrogens (tertiary/aromatic N) is 5. The van der Waals surface area contributed by atoms with Crippen LogP contribution in [0.25, 0.3) is 0 Å². The number of alkyl halides is 9. The molecule has 3 aliphatic rings. The number of halogens is 9. The van der Waals surface area contributed by atoms with Crippen molar-refractivity contribution in [2.75, 3.05) is 6.54 Å². The number of aromatic nitrogens is 3. The van der Waals surface area contributed by atoms with Crippen LogP contribution in [-0.4, -0.2) is 48.9 Å². The molecular formula is C30H26F9N7O2. The highest BCUT2D eigenvalue weighted by Crippen LogP contribution is 2.42. The van der Waals surface area contributed by atoms with Crippen LogP contribution in [0.2, 0.25) is 0 Å². The molecule has 1 aliphatic carbocycles. The molecule has 1 saturated carbocycles. The maximum absolute atomic E-state index is 14.1. The van der Waals surface area contributed by atoms with Gasteiger partial charge in [-0.2, -0.15) is 39.5 Å². The van der Waals surface area contributed by atoms with E-state index < -0.39 is 84.0 Å². The van der Waals surface area contributed by atoms with Gasteiger partial charge in [0, 0.05) is 13.1 Å². The summed E-state index contributed by atoms with van der Waals surface area (Å²) in [6.45, 7) is -1.79. The third kappa shape index (κ3) is 6.19. The first-order valence-electron chi connectivity index (χ1n) is 14.7. The molecule has 1 unspecified atom stereocenters. The number of hydrogen-bond donors (Lipinski definition) is 2. The first-order chi connectivity index (χ1) is 22.4. The van der Waals surface area contributed by atoms with Gasteiger partial charge in [0.05, 0.1) is 29.8 Å². The summed E-state index contributed by atoms with van der Waals surface area (Å²) in [5, 5.41) is 17.9. The summed E-state index contributed by atoms with van der Waals surface area (Å²) in [7, 11) is 0. The van der Waals surface area contributed by atoms with Gasteiger partial charge in [-0.1, -0.05) is 31.0 Å². The molecule has 3 heterocycles. The Morgan fingerprint density at radius 3 is 2.21 bits per heavy atom. The zero-order valence-electron chi connectivity index (χ0n) is 24.7. The second-order valence-electron chi connectivity index (χ2n) is 12.0. The Morgan fingerprint density at radius 2 is 1.60 bits per heavy atom. The molecular weight excluding hydrogens is 661 g/mol. The maximum Gasteiger partial charge on any atom is 0.451 e. The molecule has 2 fully saturated rings. The summed E-state index contributed by atoms with van der Waals surface area (Å²) in [6.07, 6.45) is -11.9. The van der Waals surface area contributed by atoms with Crippen LogP contribution in [0.1, 0.15) is 69.9 Å². The van der Waals surface area contributed by atoms with Crippen molar-refractivity contribution in [2.24, 2.45) is 5.92 Å². The lowest BCUT2D eigenvalue weighted by Crippen LogP contribution is -2.44. The van der Waals surface area contributed by atoms with Gasteiger partial charge in [0.15, 0.2) is 11.8 Å². The fourth-order valence-electron chi connectivity index (χ4n) is 6.09. The molecule has 1 saturated heterocycles. The number of nitrogens with one attached hydrogen (secondary N) is 2. The van der Waals surface area contributed by atoms with Crippen LogP contribution in [0.3, 0.4) is 0 Å². The lowest BCUT2D eigenvalue weighted by Gasteiger charge is -2.29. The average molecular weight is 688 g/mol. The Morgan fingerprint density at radius 1 is 0.917 bits per heavy atom. The summed E-state index contributed by atoms with van der Waals surface area (Å²) < 4.78 is 122. The Bertz CT molecular complexity index is 1760. The van der Waals surface area contributed by atoms with Gasteiger partial charge >= 0.3 is 18.5 Å². The van der Waals surface area contributed by atoms with Gasteiger partial charge in [-0.3, -0.25) is 19.9 Å². The molecule has 3 aromatic rings. The van der Waals surface area contributed by atoms with Crippen LogP contribution in [0.5, 0.6) is 0 Å². The number of carbonyl (C=O) groups excluding carboxylic acids is 2. The van der Waals surface area contributed by atoms with E-state index in [0.717, 1.165) is 63.6 Å². The Labute approximate surface area is 266 Å². The molecule has 9 nitrogen and oxygen atoms in total. The van der Waals surface area contributed by atoms with Crippen molar-refractivity contribution in [1.29, 1.82) is 5.41 Å². The highest BCUT2D eigenvalue weighted by molar-refractivity contribution is 6.08. The van der Waals surface area contributed by atoms with Gasteiger partial charge in [0.1, 0.15) is 5.54 Å². The minimum absolute atomic E-state index is 0.0243. The second kappa shape index (κ2) is 11.5. The van der Waals surface area contributed by atoms with E-state index in [1.165, 1.54) is 0 Å². The topological polar surface area (TPSA) is 107 Å². The Kier molecular flexibility index (Phi) is 7.97. The van der Waals surface area contributed by atoms with Crippen molar-refractivity contribution in [2.45, 2.75) is 69.4 Å². The number of carbonyl (C=O) groups is 2. The van der Waals surface area contributed by atoms with Crippen molar-refractivity contribution < 1.29 is 49.1 Å². The van der Waals surface area contributed by atoms with Gasteiger partial charge in [0.25, 0.3) is 11.8 Å². The zero-order chi connectivity index (χ0) is 34.8. The SMILES string of the molecule is N=C1NC(CCC2CC2)(c2ccc(C(F)(F)F)cc2)C(=O)N1Cc1ccc(C(F)(F)F)c(C(=O)N2CCn3c(nnc3C(F)(F)F)C2)c1. The number of rotatable bonds is 7. The largest absolute Gasteiger partial charge is 0.451 e. The molecule has 6 rings (SSSR count). The minimum Gasteiger partial charge on any atom is -0.338 e. The molecule has 0 bridgehead atoms. The summed E-state index contributed by atoms with van der Waals surface area (Å²) >= 11 is 0. The predicted molar refractivity (Wildman–Crippen MR) is 148 cm³/mol. The number of fused-ring (bicyclic) bond motifs is 1. The highest BCUT2D eigenvalue weighted by atomic mass is 19.4. The summed E-state index contributed by atoms with van der Waals surface area (Å²) in [5.74, 6) is -3.52. The Hall–Kier alpha value is -4.64. The predicted octanol–water partition coefficient (Wildman–Crippen LogP) is 5.94. The van der Waals surface area contributed by atoms with Gasteiger partial charge in [0.2, 0.25) is 5.82 Å². The Balaban J connectivity index is 1.29. The lowest BCUT2D eigenvalue weighted by atomic mass is 9.84. The molecule has 2 N–H and O–H groups in total. The van der Waals surface area contributed by atoms with Gasteiger partial charge < -0.3 is 14.8 Å². The van der Waals surface area contributed by atoms with Gasteiger partial charge in [-0.15, -0.1) is 10.2 Å². The van der Waals surface area contributed by atoms with Gasteiger partial charge in [-0.05, 0) is 54.2 Å². The quantitative estimate of drug-likeness (QED) is 0.299. The van der Waals surface area contributed by atoms with E-state index in [4.69, 9.17) is 5.41 Å². The van der Waals surface area contributed by atoms with Crippen LogP contribution in [0.15, 0.2) is 42.5 Å². The highest BCUT2D eigenvalue weighted by Gasteiger charge is 2.51. The molecule has 2 aromatic carbocycles. The normalized spacial score (nSPS) is 20.3. The molecule has 18 heteroatoms. The number of guanidine groups is 1. The van der Waals surface area contributed by atoms with Crippen molar-refractivity contribution in [3.8, 4) is 0 Å². The smallest absolute Gasteiger partial charge is 0.338 e. The lowest BCUT2D eigenvalue weighted by molar-refractivity contribution is -0.148. The summed E-state index contributed by atoms with van der Waals surface area (Å²) in [6, 6.07) is 6.56. The van der Waals surface area contributed by atoms with Crippen LogP contribution >= 0.6 is 0 Å². The zero-order valence-corrected chi connectivity index (χ0v) is 24.7. The van der Waals surface area contributed by atoms with Crippen LogP contribution in [-0.2, 0) is 48.5 Å². The van der Waals surface area contributed by atoms with Crippen molar-refractivity contribution in [1.82, 2.24) is 29.9 Å².